The van der Waals surface area contributed by atoms with Gasteiger partial charge in [-0.2, -0.15) is 5.10 Å². The maximum atomic E-state index is 12.2. The highest BCUT2D eigenvalue weighted by molar-refractivity contribution is 7.93. The SMILES string of the molecule is CC(=O)c1csc(NS(=O)(=O)c2c(C)n[nH]c2C)n1. The molecule has 0 spiro atoms. The average molecular weight is 300 g/mol. The lowest BCUT2D eigenvalue weighted by Gasteiger charge is -2.04. The molecule has 0 aliphatic carbocycles. The fraction of sp³-hybridized carbons (Fsp3) is 0.300. The molecule has 2 aromatic rings. The van der Waals surface area contributed by atoms with E-state index in [0.29, 0.717) is 11.4 Å². The molecule has 0 unspecified atom stereocenters. The van der Waals surface area contributed by atoms with Gasteiger partial charge < -0.3 is 0 Å². The number of sulfonamides is 1. The molecule has 102 valence electrons. The zero-order valence-corrected chi connectivity index (χ0v) is 12.1. The van der Waals surface area contributed by atoms with Gasteiger partial charge >= 0.3 is 0 Å². The summed E-state index contributed by atoms with van der Waals surface area (Å²) in [6.45, 7) is 4.59. The highest BCUT2D eigenvalue weighted by Crippen LogP contribution is 2.23. The molecule has 0 atom stereocenters. The molecule has 7 nitrogen and oxygen atoms in total. The number of hydrogen-bond donors (Lipinski definition) is 2. The second-order valence-corrected chi connectivity index (χ2v) is 6.44. The third-order valence-electron chi connectivity index (χ3n) is 2.42. The van der Waals surface area contributed by atoms with Crippen LogP contribution < -0.4 is 4.72 Å². The van der Waals surface area contributed by atoms with Crippen LogP contribution in [0.3, 0.4) is 0 Å². The number of anilines is 1. The Morgan fingerprint density at radius 2 is 2.11 bits per heavy atom. The van der Waals surface area contributed by atoms with Gasteiger partial charge in [0.1, 0.15) is 10.6 Å². The zero-order chi connectivity index (χ0) is 14.2. The minimum Gasteiger partial charge on any atom is -0.293 e. The van der Waals surface area contributed by atoms with Gasteiger partial charge in [0, 0.05) is 12.3 Å². The molecule has 2 aromatic heterocycles. The van der Waals surface area contributed by atoms with Crippen LogP contribution in [0.4, 0.5) is 5.13 Å². The summed E-state index contributed by atoms with van der Waals surface area (Å²) < 4.78 is 26.7. The van der Waals surface area contributed by atoms with E-state index in [9.17, 15) is 13.2 Å². The molecule has 0 saturated carbocycles. The summed E-state index contributed by atoms with van der Waals surface area (Å²) in [5, 5.41) is 8.12. The number of carbonyl (C=O) groups is 1. The van der Waals surface area contributed by atoms with Crippen molar-refractivity contribution in [2.24, 2.45) is 0 Å². The summed E-state index contributed by atoms with van der Waals surface area (Å²) in [6, 6.07) is 0. The van der Waals surface area contributed by atoms with Crippen LogP contribution in [-0.4, -0.2) is 29.4 Å². The third-order valence-corrected chi connectivity index (χ3v) is 4.90. The number of hydrogen-bond acceptors (Lipinski definition) is 6. The normalized spacial score (nSPS) is 11.5. The lowest BCUT2D eigenvalue weighted by atomic mass is 10.4. The number of carbonyl (C=O) groups excluding carboxylic acids is 1. The number of ketones is 1. The molecule has 0 saturated heterocycles. The number of aryl methyl sites for hydroxylation is 2. The van der Waals surface area contributed by atoms with Crippen LogP contribution in [0.1, 0.15) is 28.8 Å². The smallest absolute Gasteiger partial charge is 0.267 e. The Labute approximate surface area is 114 Å². The molecule has 2 N–H and O–H groups in total. The molecular formula is C10H12N4O3S2. The molecule has 0 aliphatic rings. The predicted octanol–water partition coefficient (Wildman–Crippen LogP) is 1.49. The van der Waals surface area contributed by atoms with Crippen molar-refractivity contribution in [3.05, 3.63) is 22.5 Å². The van der Waals surface area contributed by atoms with Crippen molar-refractivity contribution >= 4 is 32.3 Å². The van der Waals surface area contributed by atoms with Crippen molar-refractivity contribution in [2.75, 3.05) is 4.72 Å². The highest BCUT2D eigenvalue weighted by atomic mass is 32.2. The molecule has 0 aliphatic heterocycles. The van der Waals surface area contributed by atoms with Gasteiger partial charge in [-0.1, -0.05) is 0 Å². The van der Waals surface area contributed by atoms with E-state index < -0.39 is 10.0 Å². The first-order valence-corrected chi connectivity index (χ1v) is 7.68. The van der Waals surface area contributed by atoms with Crippen LogP contribution >= 0.6 is 11.3 Å². The van der Waals surface area contributed by atoms with Crippen LogP contribution in [0.5, 0.6) is 0 Å². The average Bonchev–Trinajstić information content (AvgIpc) is 2.85. The molecule has 0 fully saturated rings. The number of Topliss-reactive ketones (excluding diaryl/α,β-unsaturated/α-hetero) is 1. The second-order valence-electron chi connectivity index (χ2n) is 3.96. The number of rotatable bonds is 4. The Bertz CT molecular complexity index is 710. The number of H-pyrrole nitrogens is 1. The van der Waals surface area contributed by atoms with Gasteiger partial charge in [0.2, 0.25) is 0 Å². The van der Waals surface area contributed by atoms with Gasteiger partial charge in [0.05, 0.1) is 11.4 Å². The third kappa shape index (κ3) is 2.66. The number of nitrogens with one attached hydrogen (secondary N) is 2. The van der Waals surface area contributed by atoms with Gasteiger partial charge in [-0.15, -0.1) is 11.3 Å². The van der Waals surface area contributed by atoms with E-state index in [1.807, 2.05) is 0 Å². The second kappa shape index (κ2) is 4.74. The van der Waals surface area contributed by atoms with E-state index >= 15 is 0 Å². The van der Waals surface area contributed by atoms with E-state index in [2.05, 4.69) is 19.9 Å². The minimum absolute atomic E-state index is 0.104. The fourth-order valence-electron chi connectivity index (χ4n) is 1.58. The van der Waals surface area contributed by atoms with Crippen molar-refractivity contribution in [1.29, 1.82) is 0 Å². The largest absolute Gasteiger partial charge is 0.293 e. The van der Waals surface area contributed by atoms with Gasteiger partial charge in [-0.25, -0.2) is 13.4 Å². The Morgan fingerprint density at radius 1 is 1.42 bits per heavy atom. The summed E-state index contributed by atoms with van der Waals surface area (Å²) in [7, 11) is -3.75. The van der Waals surface area contributed by atoms with Crippen LogP contribution in [0.2, 0.25) is 0 Å². The van der Waals surface area contributed by atoms with Crippen LogP contribution in [0.15, 0.2) is 10.3 Å². The monoisotopic (exact) mass is 300 g/mol. The molecule has 2 heterocycles. The summed E-state index contributed by atoms with van der Waals surface area (Å²) in [5.74, 6) is -0.211. The van der Waals surface area contributed by atoms with E-state index in [1.54, 1.807) is 13.8 Å². The van der Waals surface area contributed by atoms with Gasteiger partial charge in [0.25, 0.3) is 10.0 Å². The van der Waals surface area contributed by atoms with Crippen molar-refractivity contribution in [3.63, 3.8) is 0 Å². The molecule has 0 aromatic carbocycles. The Balaban J connectivity index is 2.34. The molecule has 9 heteroatoms. The van der Waals surface area contributed by atoms with E-state index in [0.717, 1.165) is 11.3 Å². The number of thiazole rings is 1. The topological polar surface area (TPSA) is 105 Å². The molecule has 0 radical (unpaired) electrons. The molecule has 0 amide bonds. The Hall–Kier alpha value is -1.74. The summed E-state index contributed by atoms with van der Waals surface area (Å²) >= 11 is 1.06. The van der Waals surface area contributed by atoms with Crippen LogP contribution in [-0.2, 0) is 10.0 Å². The predicted molar refractivity (Wildman–Crippen MR) is 71.0 cm³/mol. The number of aromatic nitrogens is 3. The van der Waals surface area contributed by atoms with Crippen molar-refractivity contribution in [1.82, 2.24) is 15.2 Å². The number of aromatic amines is 1. The van der Waals surface area contributed by atoms with E-state index in [-0.39, 0.29) is 21.5 Å². The van der Waals surface area contributed by atoms with E-state index in [4.69, 9.17) is 0 Å². The zero-order valence-electron chi connectivity index (χ0n) is 10.5. The maximum absolute atomic E-state index is 12.2. The first-order chi connectivity index (χ1) is 8.81. The van der Waals surface area contributed by atoms with Crippen LogP contribution in [0, 0.1) is 13.8 Å². The summed E-state index contributed by atoms with van der Waals surface area (Å²) in [5.41, 5.74) is 1.07. The first kappa shape index (κ1) is 13.7. The molecular weight excluding hydrogens is 288 g/mol. The first-order valence-electron chi connectivity index (χ1n) is 5.32. The lowest BCUT2D eigenvalue weighted by molar-refractivity contribution is 0.101. The van der Waals surface area contributed by atoms with Crippen molar-refractivity contribution in [2.45, 2.75) is 25.7 Å². The summed E-state index contributed by atoms with van der Waals surface area (Å²) in [4.78, 5) is 15.1. The molecule has 19 heavy (non-hydrogen) atoms. The van der Waals surface area contributed by atoms with Gasteiger partial charge in [0.15, 0.2) is 10.9 Å². The lowest BCUT2D eigenvalue weighted by Crippen LogP contribution is -2.14. The Morgan fingerprint density at radius 3 is 2.58 bits per heavy atom. The maximum Gasteiger partial charge on any atom is 0.267 e. The quantitative estimate of drug-likeness (QED) is 0.832. The van der Waals surface area contributed by atoms with Gasteiger partial charge in [-0.3, -0.25) is 14.6 Å². The minimum atomic E-state index is -3.75. The van der Waals surface area contributed by atoms with E-state index in [1.165, 1.54) is 12.3 Å². The standard InChI is InChI=1S/C10H12N4O3S2/c1-5-9(6(2)13-12-5)19(16,17)14-10-11-8(4-18-10)7(3)15/h4H,1-3H3,(H,11,14)(H,12,13). The highest BCUT2D eigenvalue weighted by Gasteiger charge is 2.23. The van der Waals surface area contributed by atoms with Crippen molar-refractivity contribution in [3.8, 4) is 0 Å². The summed E-state index contributed by atoms with van der Waals surface area (Å²) in [6.07, 6.45) is 0. The fourth-order valence-corrected chi connectivity index (χ4v) is 3.96. The van der Waals surface area contributed by atoms with Crippen molar-refractivity contribution < 1.29 is 13.2 Å². The molecule has 0 bridgehead atoms. The van der Waals surface area contributed by atoms with Crippen LogP contribution in [0.25, 0.3) is 0 Å². The number of nitrogens with zero attached hydrogens (tertiary/aromatic N) is 2. The molecule has 2 rings (SSSR count). The Kier molecular flexibility index (Phi) is 3.42. The van der Waals surface area contributed by atoms with Gasteiger partial charge in [-0.05, 0) is 13.8 Å².